The Bertz CT molecular complexity index is 484. The number of carbonyl (C=O) groups excluding carboxylic acids is 5. The minimum Gasteiger partial charge on any atom is -0.391 e. The molecular formula is C13H13F3O6. The topological polar surface area (TPSA) is 106 Å². The number of carbonyl (C=O) groups is 5. The van der Waals surface area contributed by atoms with Crippen molar-refractivity contribution in [1.82, 2.24) is 0 Å². The fraction of sp³-hybridized carbons (Fsp3) is 0.615. The van der Waals surface area contributed by atoms with Crippen molar-refractivity contribution in [2.75, 3.05) is 0 Å². The lowest BCUT2D eigenvalue weighted by Crippen LogP contribution is -2.54. The summed E-state index contributed by atoms with van der Waals surface area (Å²) in [6.45, 7) is 0.707. The number of halogens is 3. The maximum Gasteiger partial charge on any atom is 0.391 e. The summed E-state index contributed by atoms with van der Waals surface area (Å²) in [5.74, 6) is -11.7. The van der Waals surface area contributed by atoms with Gasteiger partial charge in [0.2, 0.25) is 0 Å². The van der Waals surface area contributed by atoms with Gasteiger partial charge < -0.3 is 14.7 Å². The van der Waals surface area contributed by atoms with Crippen LogP contribution in [0.2, 0.25) is 0 Å². The molecule has 3 unspecified atom stereocenters. The summed E-state index contributed by atoms with van der Waals surface area (Å²) in [7, 11) is 0. The second-order valence-corrected chi connectivity index (χ2v) is 5.17. The van der Waals surface area contributed by atoms with Gasteiger partial charge in [0.1, 0.15) is 30.3 Å². The van der Waals surface area contributed by atoms with Crippen LogP contribution in [0.3, 0.4) is 0 Å². The number of hydrogen-bond acceptors (Lipinski definition) is 6. The number of aldehydes is 2. The molecule has 6 nitrogen and oxygen atoms in total. The SMILES string of the molecule is CC(CC(=O)C1C(=O)C(C=O)C(O)C(C=O)C1=O)C(F)(F)F. The van der Waals surface area contributed by atoms with E-state index in [0.717, 1.165) is 0 Å². The molecule has 1 saturated carbocycles. The summed E-state index contributed by atoms with van der Waals surface area (Å²) in [5, 5.41) is 9.58. The fourth-order valence-corrected chi connectivity index (χ4v) is 2.23. The van der Waals surface area contributed by atoms with E-state index in [-0.39, 0.29) is 12.6 Å². The molecule has 0 aromatic rings. The Morgan fingerprint density at radius 2 is 1.59 bits per heavy atom. The summed E-state index contributed by atoms with van der Waals surface area (Å²) in [5.41, 5.74) is 0. The lowest BCUT2D eigenvalue weighted by Gasteiger charge is -2.31. The second-order valence-electron chi connectivity index (χ2n) is 5.17. The van der Waals surface area contributed by atoms with Gasteiger partial charge in [0.25, 0.3) is 0 Å². The Morgan fingerprint density at radius 1 is 1.18 bits per heavy atom. The Hall–Kier alpha value is -1.90. The second kappa shape index (κ2) is 6.47. The van der Waals surface area contributed by atoms with Gasteiger partial charge in [-0.3, -0.25) is 14.4 Å². The molecule has 1 aliphatic rings. The van der Waals surface area contributed by atoms with Crippen molar-refractivity contribution in [3.8, 4) is 0 Å². The van der Waals surface area contributed by atoms with E-state index in [9.17, 15) is 42.3 Å². The molecule has 0 aromatic carbocycles. The van der Waals surface area contributed by atoms with Crippen LogP contribution in [-0.2, 0) is 24.0 Å². The highest BCUT2D eigenvalue weighted by atomic mass is 19.4. The zero-order valence-corrected chi connectivity index (χ0v) is 11.4. The number of rotatable bonds is 5. The molecule has 0 heterocycles. The van der Waals surface area contributed by atoms with Crippen molar-refractivity contribution in [3.63, 3.8) is 0 Å². The molecule has 0 spiro atoms. The number of ketones is 3. The smallest absolute Gasteiger partial charge is 0.391 e. The molecule has 9 heteroatoms. The third-order valence-electron chi connectivity index (χ3n) is 3.64. The van der Waals surface area contributed by atoms with Crippen LogP contribution in [0.4, 0.5) is 13.2 Å². The Morgan fingerprint density at radius 3 is 1.91 bits per heavy atom. The van der Waals surface area contributed by atoms with E-state index in [0.29, 0.717) is 6.92 Å². The molecule has 1 fully saturated rings. The number of aliphatic hydroxyl groups is 1. The first-order valence-corrected chi connectivity index (χ1v) is 6.31. The molecule has 0 saturated heterocycles. The molecule has 0 aromatic heterocycles. The zero-order valence-electron chi connectivity index (χ0n) is 11.4. The average Bonchev–Trinajstić information content (AvgIpc) is 2.38. The molecular weight excluding hydrogens is 309 g/mol. The Labute approximate surface area is 122 Å². The van der Waals surface area contributed by atoms with E-state index in [1.807, 2.05) is 0 Å². The molecule has 0 bridgehead atoms. The van der Waals surface area contributed by atoms with Gasteiger partial charge in [0.05, 0.1) is 12.0 Å². The van der Waals surface area contributed by atoms with Gasteiger partial charge in [-0.15, -0.1) is 0 Å². The molecule has 1 rings (SSSR count). The zero-order chi connectivity index (χ0) is 17.2. The van der Waals surface area contributed by atoms with E-state index < -0.39 is 59.7 Å². The van der Waals surface area contributed by atoms with Crippen molar-refractivity contribution in [2.24, 2.45) is 23.7 Å². The third-order valence-corrected chi connectivity index (χ3v) is 3.64. The molecule has 3 atom stereocenters. The van der Waals surface area contributed by atoms with Crippen LogP contribution in [0.15, 0.2) is 0 Å². The number of aliphatic hydroxyl groups excluding tert-OH is 1. The van der Waals surface area contributed by atoms with Gasteiger partial charge in [0.15, 0.2) is 17.3 Å². The van der Waals surface area contributed by atoms with Crippen molar-refractivity contribution in [3.05, 3.63) is 0 Å². The quantitative estimate of drug-likeness (QED) is 0.560. The van der Waals surface area contributed by atoms with Crippen molar-refractivity contribution >= 4 is 29.9 Å². The van der Waals surface area contributed by atoms with Crippen molar-refractivity contribution in [1.29, 1.82) is 0 Å². The highest BCUT2D eigenvalue weighted by Crippen LogP contribution is 2.32. The number of Topliss-reactive ketones (excluding diaryl/α,β-unsaturated/α-hetero) is 3. The molecule has 0 radical (unpaired) electrons. The van der Waals surface area contributed by atoms with E-state index in [2.05, 4.69) is 0 Å². The third kappa shape index (κ3) is 3.29. The van der Waals surface area contributed by atoms with Gasteiger partial charge in [0, 0.05) is 6.42 Å². The molecule has 1 N–H and O–H groups in total. The van der Waals surface area contributed by atoms with Crippen molar-refractivity contribution < 1.29 is 42.3 Å². The molecule has 0 amide bonds. The maximum absolute atomic E-state index is 12.4. The van der Waals surface area contributed by atoms with Crippen LogP contribution >= 0.6 is 0 Å². The van der Waals surface area contributed by atoms with Crippen LogP contribution in [0.25, 0.3) is 0 Å². The average molecular weight is 322 g/mol. The standard InChI is InChI=1S/C13H13F3O6/c1-5(13(14,15)16)2-8(19)9-11(21)6(3-17)10(20)7(4-18)12(9)22/h3-7,9-10,20H,2H2,1H3. The predicted molar refractivity (Wildman–Crippen MR) is 63.5 cm³/mol. The predicted octanol–water partition coefficient (Wildman–Crippen LogP) is -0.0969. The van der Waals surface area contributed by atoms with Gasteiger partial charge >= 0.3 is 6.18 Å². The van der Waals surface area contributed by atoms with E-state index in [4.69, 9.17) is 0 Å². The molecule has 122 valence electrons. The lowest BCUT2D eigenvalue weighted by atomic mass is 9.70. The maximum atomic E-state index is 12.4. The van der Waals surface area contributed by atoms with E-state index >= 15 is 0 Å². The number of hydrogen-bond donors (Lipinski definition) is 1. The molecule has 22 heavy (non-hydrogen) atoms. The minimum atomic E-state index is -4.69. The minimum absolute atomic E-state index is 0.0244. The van der Waals surface area contributed by atoms with E-state index in [1.165, 1.54) is 0 Å². The first-order valence-electron chi connectivity index (χ1n) is 6.31. The summed E-state index contributed by atoms with van der Waals surface area (Å²) in [4.78, 5) is 57.2. The van der Waals surface area contributed by atoms with Gasteiger partial charge in [-0.05, 0) is 0 Å². The monoisotopic (exact) mass is 322 g/mol. The van der Waals surface area contributed by atoms with Gasteiger partial charge in [-0.25, -0.2) is 0 Å². The molecule has 1 aliphatic carbocycles. The Kier molecular flexibility index (Phi) is 5.34. The fourth-order valence-electron chi connectivity index (χ4n) is 2.23. The Balaban J connectivity index is 3.07. The first-order chi connectivity index (χ1) is 10.1. The molecule has 0 aliphatic heterocycles. The number of alkyl halides is 3. The van der Waals surface area contributed by atoms with E-state index in [1.54, 1.807) is 0 Å². The summed E-state index contributed by atoms with van der Waals surface area (Å²) in [6.07, 6.45) is -7.77. The first kappa shape index (κ1) is 18.1. The van der Waals surface area contributed by atoms with Crippen LogP contribution in [0, 0.1) is 23.7 Å². The van der Waals surface area contributed by atoms with Gasteiger partial charge in [-0.1, -0.05) is 6.92 Å². The summed E-state index contributed by atoms with van der Waals surface area (Å²) >= 11 is 0. The van der Waals surface area contributed by atoms with Crippen LogP contribution in [-0.4, -0.2) is 47.3 Å². The van der Waals surface area contributed by atoms with Crippen LogP contribution in [0.1, 0.15) is 13.3 Å². The largest absolute Gasteiger partial charge is 0.391 e. The van der Waals surface area contributed by atoms with Crippen LogP contribution in [0.5, 0.6) is 0 Å². The summed E-state index contributed by atoms with van der Waals surface area (Å²) in [6, 6.07) is 0. The van der Waals surface area contributed by atoms with Crippen molar-refractivity contribution in [2.45, 2.75) is 25.6 Å². The van der Waals surface area contributed by atoms with Crippen LogP contribution < -0.4 is 0 Å². The lowest BCUT2D eigenvalue weighted by molar-refractivity contribution is -0.176. The summed E-state index contributed by atoms with van der Waals surface area (Å²) < 4.78 is 37.3. The highest BCUT2D eigenvalue weighted by molar-refractivity contribution is 6.26. The highest BCUT2D eigenvalue weighted by Gasteiger charge is 2.52. The normalized spacial score (nSPS) is 30.8. The van der Waals surface area contributed by atoms with Gasteiger partial charge in [-0.2, -0.15) is 13.2 Å².